The Labute approximate surface area is 125 Å². The zero-order chi connectivity index (χ0) is 15.3. The molecule has 0 amide bonds. The Balaban J connectivity index is 2.07. The van der Waals surface area contributed by atoms with Gasteiger partial charge in [-0.3, -0.25) is 9.71 Å². The van der Waals surface area contributed by atoms with Gasteiger partial charge in [-0.2, -0.15) is 0 Å². The highest BCUT2D eigenvalue weighted by Crippen LogP contribution is 2.16. The third kappa shape index (κ3) is 4.30. The van der Waals surface area contributed by atoms with Gasteiger partial charge in [0.2, 0.25) is 0 Å². The van der Waals surface area contributed by atoms with Crippen molar-refractivity contribution in [2.75, 3.05) is 11.3 Å². The molecular formula is C14H20N4O2S. The summed E-state index contributed by atoms with van der Waals surface area (Å²) in [5, 5.41) is 3.22. The van der Waals surface area contributed by atoms with E-state index in [1.54, 1.807) is 18.2 Å². The summed E-state index contributed by atoms with van der Waals surface area (Å²) >= 11 is 0. The first kappa shape index (κ1) is 15.5. The van der Waals surface area contributed by atoms with Gasteiger partial charge in [-0.1, -0.05) is 6.92 Å². The molecule has 0 aliphatic carbocycles. The SMILES string of the molecule is CCCNCc1cc(S(=O)(=O)Nc2ccc(C)nc2)c[nH]1. The van der Waals surface area contributed by atoms with Crippen LogP contribution in [-0.4, -0.2) is 24.9 Å². The van der Waals surface area contributed by atoms with Crippen LogP contribution in [0.25, 0.3) is 0 Å². The molecule has 0 aliphatic rings. The minimum absolute atomic E-state index is 0.219. The molecule has 0 saturated carbocycles. The van der Waals surface area contributed by atoms with Crippen LogP contribution in [0.2, 0.25) is 0 Å². The van der Waals surface area contributed by atoms with Crippen LogP contribution < -0.4 is 10.0 Å². The smallest absolute Gasteiger partial charge is 0.263 e. The van der Waals surface area contributed by atoms with E-state index >= 15 is 0 Å². The van der Waals surface area contributed by atoms with Crippen molar-refractivity contribution >= 4 is 15.7 Å². The van der Waals surface area contributed by atoms with Gasteiger partial charge in [0.1, 0.15) is 4.90 Å². The van der Waals surface area contributed by atoms with E-state index in [1.807, 2.05) is 6.92 Å². The number of hydrogen-bond acceptors (Lipinski definition) is 4. The van der Waals surface area contributed by atoms with Crippen LogP contribution in [0.4, 0.5) is 5.69 Å². The first-order valence-electron chi connectivity index (χ1n) is 6.85. The number of sulfonamides is 1. The minimum Gasteiger partial charge on any atom is -0.363 e. The van der Waals surface area contributed by atoms with Gasteiger partial charge < -0.3 is 10.3 Å². The number of aromatic amines is 1. The first-order chi connectivity index (χ1) is 10.0. The molecule has 2 aromatic heterocycles. The predicted octanol–water partition coefficient (Wildman–Crippen LogP) is 2.02. The molecule has 0 bridgehead atoms. The Kier molecular flexibility index (Phi) is 4.98. The largest absolute Gasteiger partial charge is 0.363 e. The van der Waals surface area contributed by atoms with E-state index in [0.717, 1.165) is 24.4 Å². The molecule has 3 N–H and O–H groups in total. The molecule has 2 rings (SSSR count). The number of anilines is 1. The summed E-state index contributed by atoms with van der Waals surface area (Å²) in [6, 6.07) is 5.08. The second-order valence-electron chi connectivity index (χ2n) is 4.83. The summed E-state index contributed by atoms with van der Waals surface area (Å²) in [5.74, 6) is 0. The molecule has 0 aliphatic heterocycles. The van der Waals surface area contributed by atoms with Crippen LogP contribution in [0.3, 0.4) is 0 Å². The van der Waals surface area contributed by atoms with E-state index in [4.69, 9.17) is 0 Å². The molecule has 6 nitrogen and oxygen atoms in total. The molecule has 0 fully saturated rings. The van der Waals surface area contributed by atoms with Crippen molar-refractivity contribution in [2.45, 2.75) is 31.7 Å². The van der Waals surface area contributed by atoms with Crippen molar-refractivity contribution in [3.63, 3.8) is 0 Å². The second-order valence-corrected chi connectivity index (χ2v) is 6.51. The van der Waals surface area contributed by atoms with Crippen molar-refractivity contribution in [3.8, 4) is 0 Å². The topological polar surface area (TPSA) is 86.9 Å². The molecule has 0 saturated heterocycles. The number of pyridine rings is 1. The fourth-order valence-corrected chi connectivity index (χ4v) is 2.88. The van der Waals surface area contributed by atoms with Crippen molar-refractivity contribution in [1.82, 2.24) is 15.3 Å². The Bertz CT molecular complexity index is 677. The number of aromatic nitrogens is 2. The Morgan fingerprint density at radius 1 is 1.33 bits per heavy atom. The zero-order valence-corrected chi connectivity index (χ0v) is 13.0. The van der Waals surface area contributed by atoms with Gasteiger partial charge >= 0.3 is 0 Å². The number of rotatable bonds is 7. The molecule has 0 unspecified atom stereocenters. The maximum Gasteiger partial charge on any atom is 0.263 e. The van der Waals surface area contributed by atoms with Crippen LogP contribution >= 0.6 is 0 Å². The van der Waals surface area contributed by atoms with Crippen LogP contribution in [0.15, 0.2) is 35.5 Å². The third-order valence-electron chi connectivity index (χ3n) is 2.93. The van der Waals surface area contributed by atoms with E-state index in [9.17, 15) is 8.42 Å². The zero-order valence-electron chi connectivity index (χ0n) is 12.2. The van der Waals surface area contributed by atoms with E-state index in [1.165, 1.54) is 12.4 Å². The molecule has 2 aromatic rings. The molecule has 7 heteroatoms. The summed E-state index contributed by atoms with van der Waals surface area (Å²) < 4.78 is 27.0. The first-order valence-corrected chi connectivity index (χ1v) is 8.33. The van der Waals surface area contributed by atoms with Gasteiger partial charge in [0.15, 0.2) is 0 Å². The molecule has 0 aromatic carbocycles. The highest BCUT2D eigenvalue weighted by atomic mass is 32.2. The number of nitrogens with zero attached hydrogens (tertiary/aromatic N) is 1. The van der Waals surface area contributed by atoms with E-state index in [2.05, 4.69) is 26.9 Å². The van der Waals surface area contributed by atoms with Crippen molar-refractivity contribution in [1.29, 1.82) is 0 Å². The summed E-state index contributed by atoms with van der Waals surface area (Å²) in [6.45, 7) is 5.45. The molecule has 0 spiro atoms. The molecular weight excluding hydrogens is 288 g/mol. The van der Waals surface area contributed by atoms with Crippen LogP contribution in [0.5, 0.6) is 0 Å². The minimum atomic E-state index is -3.58. The lowest BCUT2D eigenvalue weighted by atomic mass is 10.4. The average molecular weight is 308 g/mol. The summed E-state index contributed by atoms with van der Waals surface area (Å²) in [5.41, 5.74) is 2.13. The Morgan fingerprint density at radius 2 is 2.14 bits per heavy atom. The van der Waals surface area contributed by atoms with E-state index < -0.39 is 10.0 Å². The molecule has 21 heavy (non-hydrogen) atoms. The van der Waals surface area contributed by atoms with E-state index in [0.29, 0.717) is 12.2 Å². The van der Waals surface area contributed by atoms with E-state index in [-0.39, 0.29) is 4.90 Å². The van der Waals surface area contributed by atoms with Gasteiger partial charge in [-0.05, 0) is 38.1 Å². The number of aryl methyl sites for hydroxylation is 1. The lowest BCUT2D eigenvalue weighted by Gasteiger charge is -2.05. The van der Waals surface area contributed by atoms with Gasteiger partial charge in [0.05, 0.1) is 11.9 Å². The Morgan fingerprint density at radius 3 is 2.81 bits per heavy atom. The standard InChI is InChI=1S/C14H20N4O2S/c1-3-6-15-8-13-7-14(10-17-13)21(19,20)18-12-5-4-11(2)16-9-12/h4-5,7,9-10,15,17-18H,3,6,8H2,1-2H3. The Hall–Kier alpha value is -1.86. The lowest BCUT2D eigenvalue weighted by molar-refractivity contribution is 0.601. The summed E-state index contributed by atoms with van der Waals surface area (Å²) in [6.07, 6.45) is 4.03. The van der Waals surface area contributed by atoms with Crippen molar-refractivity contribution in [2.24, 2.45) is 0 Å². The summed E-state index contributed by atoms with van der Waals surface area (Å²) in [7, 11) is -3.58. The normalized spacial score (nSPS) is 11.5. The molecule has 0 atom stereocenters. The van der Waals surface area contributed by atoms with Gasteiger partial charge in [-0.15, -0.1) is 0 Å². The van der Waals surface area contributed by atoms with Crippen LogP contribution in [-0.2, 0) is 16.6 Å². The quantitative estimate of drug-likeness (QED) is 0.683. The highest BCUT2D eigenvalue weighted by molar-refractivity contribution is 7.92. The fourth-order valence-electron chi connectivity index (χ4n) is 1.82. The fraction of sp³-hybridized carbons (Fsp3) is 0.357. The predicted molar refractivity (Wildman–Crippen MR) is 82.6 cm³/mol. The number of H-pyrrole nitrogens is 1. The third-order valence-corrected chi connectivity index (χ3v) is 4.29. The van der Waals surface area contributed by atoms with Crippen LogP contribution in [0.1, 0.15) is 24.7 Å². The van der Waals surface area contributed by atoms with Crippen molar-refractivity contribution < 1.29 is 8.42 Å². The second kappa shape index (κ2) is 6.73. The van der Waals surface area contributed by atoms with Gasteiger partial charge in [-0.25, -0.2) is 8.42 Å². The van der Waals surface area contributed by atoms with Gasteiger partial charge in [0, 0.05) is 24.1 Å². The number of nitrogens with one attached hydrogen (secondary N) is 3. The highest BCUT2D eigenvalue weighted by Gasteiger charge is 2.16. The molecule has 0 radical (unpaired) electrons. The summed E-state index contributed by atoms with van der Waals surface area (Å²) in [4.78, 5) is 7.25. The van der Waals surface area contributed by atoms with Gasteiger partial charge in [0.25, 0.3) is 10.0 Å². The monoisotopic (exact) mass is 308 g/mol. The van der Waals surface area contributed by atoms with Crippen LogP contribution in [0, 0.1) is 6.92 Å². The maximum atomic E-state index is 12.3. The molecule has 114 valence electrons. The average Bonchev–Trinajstić information content (AvgIpc) is 2.91. The maximum absolute atomic E-state index is 12.3. The number of hydrogen-bond donors (Lipinski definition) is 3. The molecule has 2 heterocycles. The lowest BCUT2D eigenvalue weighted by Crippen LogP contribution is -2.14. The van der Waals surface area contributed by atoms with Crippen molar-refractivity contribution in [3.05, 3.63) is 42.0 Å².